The zero-order valence-corrected chi connectivity index (χ0v) is 12.1. The Labute approximate surface area is 112 Å². The lowest BCUT2D eigenvalue weighted by Crippen LogP contribution is -2.64. The van der Waals surface area contributed by atoms with Gasteiger partial charge in [-0.25, -0.2) is 0 Å². The molecule has 3 atom stereocenters. The molecule has 0 aromatic carbocycles. The molecular weight excluding hydrogens is 218 g/mol. The van der Waals surface area contributed by atoms with Crippen LogP contribution in [-0.4, -0.2) is 6.04 Å². The van der Waals surface area contributed by atoms with E-state index in [2.05, 4.69) is 13.8 Å². The third kappa shape index (κ3) is 1.32. The zero-order chi connectivity index (χ0) is 12.5. The summed E-state index contributed by atoms with van der Waals surface area (Å²) >= 11 is 0. The van der Waals surface area contributed by atoms with Crippen LogP contribution in [0.4, 0.5) is 0 Å². The fourth-order valence-electron chi connectivity index (χ4n) is 6.95. The first-order valence-corrected chi connectivity index (χ1v) is 8.31. The second-order valence-corrected chi connectivity index (χ2v) is 8.53. The maximum atomic E-state index is 6.38. The van der Waals surface area contributed by atoms with Crippen LogP contribution in [0.15, 0.2) is 0 Å². The molecule has 0 heterocycles. The highest BCUT2D eigenvalue weighted by molar-refractivity contribution is 5.13. The summed E-state index contributed by atoms with van der Waals surface area (Å²) < 4.78 is 0. The molecule has 0 amide bonds. The van der Waals surface area contributed by atoms with Gasteiger partial charge in [-0.1, -0.05) is 13.8 Å². The molecule has 1 heteroatoms. The summed E-state index contributed by atoms with van der Waals surface area (Å²) in [4.78, 5) is 0. The first-order valence-electron chi connectivity index (χ1n) is 8.31. The lowest BCUT2D eigenvalue weighted by Gasteiger charge is -2.67. The maximum Gasteiger partial charge on any atom is 0.00987 e. The fraction of sp³-hybridized carbons (Fsp3) is 1.00. The van der Waals surface area contributed by atoms with E-state index in [-0.39, 0.29) is 0 Å². The number of hydrogen-bond acceptors (Lipinski definition) is 1. The Morgan fingerprint density at radius 2 is 1.44 bits per heavy atom. The maximum absolute atomic E-state index is 6.38. The highest BCUT2D eigenvalue weighted by Gasteiger charge is 2.62. The molecule has 1 nitrogen and oxygen atoms in total. The van der Waals surface area contributed by atoms with Gasteiger partial charge in [0, 0.05) is 6.04 Å². The minimum absolute atomic E-state index is 0.464. The number of nitrogens with two attached hydrogens (primary N) is 1. The highest BCUT2D eigenvalue weighted by Crippen LogP contribution is 2.69. The standard InChI is InChI=1S/C17H29N/c1-3-16(2)14(7-15(16)18)17-8-11-4-12(9-17)6-13(5-11)10-17/h11-15H,3-10,18H2,1-2H3. The summed E-state index contributed by atoms with van der Waals surface area (Å²) in [5.41, 5.74) is 7.57. The Bertz CT molecular complexity index is 325. The molecule has 4 bridgehead atoms. The van der Waals surface area contributed by atoms with E-state index in [4.69, 9.17) is 5.73 Å². The van der Waals surface area contributed by atoms with Gasteiger partial charge in [0.1, 0.15) is 0 Å². The minimum Gasteiger partial charge on any atom is -0.327 e. The van der Waals surface area contributed by atoms with Gasteiger partial charge in [0.25, 0.3) is 0 Å². The molecule has 18 heavy (non-hydrogen) atoms. The molecule has 0 spiro atoms. The van der Waals surface area contributed by atoms with E-state index >= 15 is 0 Å². The Morgan fingerprint density at radius 1 is 0.944 bits per heavy atom. The number of rotatable bonds is 2. The zero-order valence-electron chi connectivity index (χ0n) is 12.1. The SMILES string of the molecule is CCC1(C)C(N)CC1C12CC3CC(CC(C3)C1)C2. The van der Waals surface area contributed by atoms with Crippen LogP contribution in [0.1, 0.15) is 65.2 Å². The van der Waals surface area contributed by atoms with Crippen molar-refractivity contribution in [1.29, 1.82) is 0 Å². The van der Waals surface area contributed by atoms with Gasteiger partial charge in [-0.2, -0.15) is 0 Å². The van der Waals surface area contributed by atoms with Crippen molar-refractivity contribution in [3.63, 3.8) is 0 Å². The average Bonchev–Trinajstić information content (AvgIpc) is 2.33. The molecule has 0 radical (unpaired) electrons. The Morgan fingerprint density at radius 3 is 1.83 bits per heavy atom. The summed E-state index contributed by atoms with van der Waals surface area (Å²) in [5, 5.41) is 0. The second kappa shape index (κ2) is 3.53. The van der Waals surface area contributed by atoms with Crippen LogP contribution in [0.3, 0.4) is 0 Å². The van der Waals surface area contributed by atoms with Gasteiger partial charge in [0.2, 0.25) is 0 Å². The van der Waals surface area contributed by atoms with Gasteiger partial charge < -0.3 is 5.73 Å². The summed E-state index contributed by atoms with van der Waals surface area (Å²) in [6.07, 6.45) is 12.0. The predicted molar refractivity (Wildman–Crippen MR) is 75.1 cm³/mol. The monoisotopic (exact) mass is 247 g/mol. The summed E-state index contributed by atoms with van der Waals surface area (Å²) in [5.74, 6) is 4.23. The van der Waals surface area contributed by atoms with E-state index in [1.165, 1.54) is 12.8 Å². The topological polar surface area (TPSA) is 26.0 Å². The number of hydrogen-bond donors (Lipinski definition) is 1. The van der Waals surface area contributed by atoms with E-state index < -0.39 is 0 Å². The molecule has 2 N–H and O–H groups in total. The first-order chi connectivity index (χ1) is 8.56. The summed E-state index contributed by atoms with van der Waals surface area (Å²) in [6, 6.07) is 0.487. The Hall–Kier alpha value is -0.0400. The van der Waals surface area contributed by atoms with Gasteiger partial charge in [-0.15, -0.1) is 0 Å². The lowest BCUT2D eigenvalue weighted by atomic mass is 9.38. The largest absolute Gasteiger partial charge is 0.327 e. The van der Waals surface area contributed by atoms with Crippen molar-refractivity contribution in [1.82, 2.24) is 0 Å². The quantitative estimate of drug-likeness (QED) is 0.785. The molecule has 0 aromatic heterocycles. The van der Waals surface area contributed by atoms with E-state index in [1.54, 1.807) is 38.5 Å². The average molecular weight is 247 g/mol. The summed E-state index contributed by atoms with van der Waals surface area (Å²) in [7, 11) is 0. The molecule has 3 unspecified atom stereocenters. The smallest absolute Gasteiger partial charge is 0.00987 e. The van der Waals surface area contributed by atoms with Gasteiger partial charge in [-0.3, -0.25) is 0 Å². The summed E-state index contributed by atoms with van der Waals surface area (Å²) in [6.45, 7) is 4.86. The normalized spacial score (nSPS) is 61.8. The van der Waals surface area contributed by atoms with Crippen LogP contribution < -0.4 is 5.73 Å². The third-order valence-electron chi connectivity index (χ3n) is 7.72. The van der Waals surface area contributed by atoms with Crippen molar-refractivity contribution in [2.45, 2.75) is 71.3 Å². The van der Waals surface area contributed by atoms with E-state index in [1.807, 2.05) is 0 Å². The van der Waals surface area contributed by atoms with Crippen LogP contribution in [0.5, 0.6) is 0 Å². The molecule has 0 aromatic rings. The first kappa shape index (κ1) is 11.8. The van der Waals surface area contributed by atoms with Crippen LogP contribution in [0.25, 0.3) is 0 Å². The molecule has 5 fully saturated rings. The van der Waals surface area contributed by atoms with Crippen LogP contribution >= 0.6 is 0 Å². The van der Waals surface area contributed by atoms with E-state index in [0.29, 0.717) is 11.5 Å². The van der Waals surface area contributed by atoms with Crippen molar-refractivity contribution in [3.8, 4) is 0 Å². The fourth-order valence-corrected chi connectivity index (χ4v) is 6.95. The van der Waals surface area contributed by atoms with Gasteiger partial charge in [-0.05, 0) is 85.9 Å². The van der Waals surface area contributed by atoms with Crippen LogP contribution in [-0.2, 0) is 0 Å². The second-order valence-electron chi connectivity index (χ2n) is 8.53. The predicted octanol–water partition coefficient (Wildman–Crippen LogP) is 3.97. The van der Waals surface area contributed by atoms with Crippen molar-refractivity contribution < 1.29 is 0 Å². The lowest BCUT2D eigenvalue weighted by molar-refractivity contribution is -0.166. The van der Waals surface area contributed by atoms with Crippen molar-refractivity contribution >= 4 is 0 Å². The minimum atomic E-state index is 0.464. The van der Waals surface area contributed by atoms with Gasteiger partial charge in [0.15, 0.2) is 0 Å². The third-order valence-corrected chi connectivity index (χ3v) is 7.72. The van der Waals surface area contributed by atoms with Gasteiger partial charge in [0.05, 0.1) is 0 Å². The Balaban J connectivity index is 1.65. The molecule has 5 rings (SSSR count). The molecule has 0 aliphatic heterocycles. The molecule has 5 aliphatic rings. The van der Waals surface area contributed by atoms with Gasteiger partial charge >= 0.3 is 0 Å². The molecule has 5 saturated carbocycles. The van der Waals surface area contributed by atoms with Crippen molar-refractivity contribution in [3.05, 3.63) is 0 Å². The van der Waals surface area contributed by atoms with Crippen LogP contribution in [0, 0.1) is 34.5 Å². The van der Waals surface area contributed by atoms with E-state index in [9.17, 15) is 0 Å². The molecular formula is C17H29N. The Kier molecular flexibility index (Phi) is 2.31. The van der Waals surface area contributed by atoms with Crippen molar-refractivity contribution in [2.24, 2.45) is 40.2 Å². The van der Waals surface area contributed by atoms with Crippen LogP contribution in [0.2, 0.25) is 0 Å². The molecule has 102 valence electrons. The molecule has 5 aliphatic carbocycles. The van der Waals surface area contributed by atoms with E-state index in [0.717, 1.165) is 29.1 Å². The highest BCUT2D eigenvalue weighted by atomic mass is 14.8. The molecule has 0 saturated heterocycles. The van der Waals surface area contributed by atoms with Crippen molar-refractivity contribution in [2.75, 3.05) is 0 Å².